The maximum Gasteiger partial charge on any atom is 0.310 e. The number of rotatable bonds is 4. The Bertz CT molecular complexity index is 119. The highest BCUT2D eigenvalue weighted by Gasteiger charge is 2.30. The third-order valence-corrected chi connectivity index (χ3v) is 8.10. The maximum absolute atomic E-state index is 5.93. The Hall–Kier alpha value is 0.571. The quantitative estimate of drug-likeness (QED) is 0.657. The average Bonchev–Trinajstić information content (AvgIpc) is 1.55. The molecule has 5 heteroatoms. The van der Waals surface area contributed by atoms with Crippen molar-refractivity contribution in [1.82, 2.24) is 0 Å². The Morgan fingerprint density at radius 1 is 1.00 bits per heavy atom. The normalized spacial score (nSPS) is 13.6. The average molecular weight is 206 g/mol. The molecule has 0 fully saturated rings. The molecule has 0 N–H and O–H groups in total. The molecule has 0 rings (SSSR count). The van der Waals surface area contributed by atoms with Gasteiger partial charge in [0, 0.05) is 0 Å². The molecule has 0 unspecified atom stereocenters. The maximum atomic E-state index is 5.93. The summed E-state index contributed by atoms with van der Waals surface area (Å²) < 4.78 is 11.5. The Morgan fingerprint density at radius 3 is 1.73 bits per heavy atom. The second-order valence-electron chi connectivity index (χ2n) is 3.92. The van der Waals surface area contributed by atoms with Gasteiger partial charge in [0.15, 0.2) is 8.32 Å². The van der Waals surface area contributed by atoms with Crippen molar-refractivity contribution in [1.29, 1.82) is 0 Å². The molecule has 0 aromatic heterocycles. The van der Waals surface area contributed by atoms with Crippen LogP contribution >= 0.6 is 0 Å². The Kier molecular flexibility index (Phi) is 4.20. The van der Waals surface area contributed by atoms with Gasteiger partial charge in [0.25, 0.3) is 0 Å². The van der Waals surface area contributed by atoms with Crippen molar-refractivity contribution >= 4 is 26.6 Å². The predicted octanol–water partition coefficient (Wildman–Crippen LogP) is 2.22. The van der Waals surface area contributed by atoms with Gasteiger partial charge in [-0.3, -0.25) is 0 Å². The van der Waals surface area contributed by atoms with Crippen LogP contribution in [0.2, 0.25) is 39.3 Å². The lowest BCUT2D eigenvalue weighted by atomic mass is 11.8. The minimum Gasteiger partial charge on any atom is -0.437 e. The Labute approximate surface area is 74.6 Å². The summed E-state index contributed by atoms with van der Waals surface area (Å²) in [4.78, 5) is 0. The fraction of sp³-hybridized carbons (Fsp3) is 1.00. The summed E-state index contributed by atoms with van der Waals surface area (Å²) >= 11 is 0. The van der Waals surface area contributed by atoms with E-state index in [-0.39, 0.29) is 0 Å². The van der Waals surface area contributed by atoms with E-state index < -0.39 is 16.9 Å². The zero-order valence-electron chi connectivity index (χ0n) is 8.32. The van der Waals surface area contributed by atoms with Gasteiger partial charge in [-0.2, -0.15) is 0 Å². The number of hydrogen-bond acceptors (Lipinski definition) is 2. The van der Waals surface area contributed by atoms with Crippen molar-refractivity contribution in [3.8, 4) is 0 Å². The SMILES string of the molecule is C[Si]O[Si](C)(C)O[Si](C)(C)C. The second-order valence-corrected chi connectivity index (χ2v) is 13.0. The third kappa shape index (κ3) is 6.95. The van der Waals surface area contributed by atoms with E-state index in [1.807, 2.05) is 6.55 Å². The van der Waals surface area contributed by atoms with Gasteiger partial charge in [-0.15, -0.1) is 0 Å². The number of hydrogen-bond donors (Lipinski definition) is 0. The van der Waals surface area contributed by atoms with Crippen LogP contribution in [0.25, 0.3) is 0 Å². The van der Waals surface area contributed by atoms with E-state index in [4.69, 9.17) is 8.23 Å². The van der Waals surface area contributed by atoms with Gasteiger partial charge in [0.2, 0.25) is 9.76 Å². The smallest absolute Gasteiger partial charge is 0.310 e. The first-order valence-corrected chi connectivity index (χ1v) is 11.4. The van der Waals surface area contributed by atoms with Gasteiger partial charge in [0.05, 0.1) is 0 Å². The lowest BCUT2D eigenvalue weighted by Gasteiger charge is -2.30. The zero-order valence-corrected chi connectivity index (χ0v) is 11.3. The van der Waals surface area contributed by atoms with Crippen molar-refractivity contribution in [2.75, 3.05) is 0 Å². The fourth-order valence-electron chi connectivity index (χ4n) is 1.00. The van der Waals surface area contributed by atoms with Crippen LogP contribution in [0.1, 0.15) is 0 Å². The van der Waals surface area contributed by atoms with Crippen LogP contribution in [0.15, 0.2) is 0 Å². The molecule has 0 aliphatic heterocycles. The van der Waals surface area contributed by atoms with Gasteiger partial charge < -0.3 is 8.23 Å². The monoisotopic (exact) mass is 206 g/mol. The highest BCUT2D eigenvalue weighted by Crippen LogP contribution is 2.14. The minimum atomic E-state index is -1.76. The second kappa shape index (κ2) is 3.99. The largest absolute Gasteiger partial charge is 0.437 e. The third-order valence-electron chi connectivity index (χ3n) is 0.900. The summed E-state index contributed by atoms with van der Waals surface area (Å²) in [5.41, 5.74) is 0. The molecular formula is C6H18O2Si3. The standard InChI is InChI=1S/C6H18O2Si3/c1-9-7-11(5,6)8-10(2,3)4/h1-6H3. The first-order valence-electron chi connectivity index (χ1n) is 3.82. The van der Waals surface area contributed by atoms with E-state index in [0.717, 1.165) is 0 Å². The molecule has 0 amide bonds. The topological polar surface area (TPSA) is 18.5 Å². The summed E-state index contributed by atoms with van der Waals surface area (Å²) in [6.45, 7) is 12.9. The lowest BCUT2D eigenvalue weighted by Crippen LogP contribution is -2.45. The summed E-state index contributed by atoms with van der Waals surface area (Å²) in [5, 5.41) is 0. The molecular weight excluding hydrogens is 188 g/mol. The van der Waals surface area contributed by atoms with Crippen molar-refractivity contribution in [2.45, 2.75) is 39.3 Å². The fourth-order valence-corrected chi connectivity index (χ4v) is 9.41. The first kappa shape index (κ1) is 11.6. The van der Waals surface area contributed by atoms with Gasteiger partial charge in [-0.25, -0.2) is 0 Å². The molecule has 11 heavy (non-hydrogen) atoms. The highest BCUT2D eigenvalue weighted by molar-refractivity contribution is 6.82. The summed E-state index contributed by atoms with van der Waals surface area (Å²) in [6.07, 6.45) is 0. The highest BCUT2D eigenvalue weighted by atomic mass is 28.5. The molecule has 0 aliphatic carbocycles. The van der Waals surface area contributed by atoms with Crippen molar-refractivity contribution < 1.29 is 8.23 Å². The van der Waals surface area contributed by atoms with Crippen LogP contribution < -0.4 is 0 Å². The van der Waals surface area contributed by atoms with E-state index >= 15 is 0 Å². The summed E-state index contributed by atoms with van der Waals surface area (Å²) in [7, 11) is -2.60. The predicted molar refractivity (Wildman–Crippen MR) is 54.6 cm³/mol. The molecule has 2 nitrogen and oxygen atoms in total. The Morgan fingerprint density at radius 2 is 1.45 bits per heavy atom. The summed E-state index contributed by atoms with van der Waals surface area (Å²) in [6, 6.07) is 0. The molecule has 0 aromatic rings. The molecule has 66 valence electrons. The van der Waals surface area contributed by atoms with Crippen LogP contribution in [-0.2, 0) is 8.23 Å². The molecule has 0 heterocycles. The van der Waals surface area contributed by atoms with Crippen LogP contribution in [0.4, 0.5) is 0 Å². The van der Waals surface area contributed by atoms with Crippen molar-refractivity contribution in [3.63, 3.8) is 0 Å². The van der Waals surface area contributed by atoms with Crippen LogP contribution in [0, 0.1) is 0 Å². The molecule has 0 bridgehead atoms. The molecule has 0 aromatic carbocycles. The summed E-state index contributed by atoms with van der Waals surface area (Å²) in [5.74, 6) is 0. The van der Waals surface area contributed by atoms with Crippen LogP contribution in [0.3, 0.4) is 0 Å². The molecule has 0 saturated heterocycles. The van der Waals surface area contributed by atoms with E-state index in [2.05, 4.69) is 32.7 Å². The lowest BCUT2D eigenvalue weighted by molar-refractivity contribution is 0.412. The van der Waals surface area contributed by atoms with Crippen molar-refractivity contribution in [3.05, 3.63) is 0 Å². The molecule has 0 saturated carbocycles. The van der Waals surface area contributed by atoms with E-state index in [1.165, 1.54) is 0 Å². The molecule has 0 spiro atoms. The van der Waals surface area contributed by atoms with Gasteiger partial charge in [-0.1, -0.05) is 0 Å². The van der Waals surface area contributed by atoms with E-state index in [9.17, 15) is 0 Å². The van der Waals surface area contributed by atoms with Gasteiger partial charge >= 0.3 is 8.56 Å². The van der Waals surface area contributed by atoms with Crippen LogP contribution in [-0.4, -0.2) is 26.6 Å². The van der Waals surface area contributed by atoms with Crippen LogP contribution in [0.5, 0.6) is 0 Å². The molecule has 2 radical (unpaired) electrons. The molecule has 0 aliphatic rings. The van der Waals surface area contributed by atoms with Crippen molar-refractivity contribution in [2.24, 2.45) is 0 Å². The molecule has 0 atom stereocenters. The zero-order chi connectivity index (χ0) is 9.12. The Balaban J connectivity index is 3.91. The van der Waals surface area contributed by atoms with E-state index in [1.54, 1.807) is 0 Å². The van der Waals surface area contributed by atoms with Gasteiger partial charge in [0.1, 0.15) is 0 Å². The van der Waals surface area contributed by atoms with E-state index in [0.29, 0.717) is 9.76 Å². The minimum absolute atomic E-state index is 0.554. The van der Waals surface area contributed by atoms with Gasteiger partial charge in [-0.05, 0) is 39.3 Å². The first-order chi connectivity index (χ1) is 4.77.